The van der Waals surface area contributed by atoms with Gasteiger partial charge in [-0.1, -0.05) is 57.2 Å². The van der Waals surface area contributed by atoms with Crippen LogP contribution in [0.3, 0.4) is 0 Å². The molecular formula is C25H29N3O5. The molecular weight excluding hydrogens is 422 g/mol. The van der Waals surface area contributed by atoms with Crippen molar-refractivity contribution in [3.05, 3.63) is 65.2 Å². The summed E-state index contributed by atoms with van der Waals surface area (Å²) in [6, 6.07) is 13.2. The third kappa shape index (κ3) is 4.89. The molecule has 2 aromatic carbocycles. The molecule has 1 fully saturated rings. The summed E-state index contributed by atoms with van der Waals surface area (Å²) in [6.07, 6.45) is 0. The van der Waals surface area contributed by atoms with Crippen molar-refractivity contribution in [2.24, 2.45) is 0 Å². The predicted molar refractivity (Wildman–Crippen MR) is 124 cm³/mol. The van der Waals surface area contributed by atoms with Gasteiger partial charge in [-0.25, -0.2) is 9.59 Å². The number of nitrogens with one attached hydrogen (secondary N) is 2. The summed E-state index contributed by atoms with van der Waals surface area (Å²) in [6.45, 7) is 9.28. The highest BCUT2D eigenvalue weighted by Crippen LogP contribution is 2.31. The Morgan fingerprint density at radius 3 is 2.30 bits per heavy atom. The van der Waals surface area contributed by atoms with Crippen LogP contribution in [0.5, 0.6) is 0 Å². The molecule has 8 nitrogen and oxygen atoms in total. The molecule has 0 saturated carbocycles. The number of para-hydroxylation sites is 1. The van der Waals surface area contributed by atoms with Crippen LogP contribution in [-0.2, 0) is 25.3 Å². The number of benzene rings is 2. The first-order chi connectivity index (χ1) is 15.5. The van der Waals surface area contributed by atoms with Gasteiger partial charge in [0.1, 0.15) is 12.1 Å². The largest absolute Gasteiger partial charge is 0.462 e. The molecule has 8 heteroatoms. The zero-order valence-electron chi connectivity index (χ0n) is 19.5. The molecule has 33 heavy (non-hydrogen) atoms. The van der Waals surface area contributed by atoms with Gasteiger partial charge in [0.25, 0.3) is 5.91 Å². The minimum absolute atomic E-state index is 0.0493. The smallest absolute Gasteiger partial charge is 0.340 e. The molecule has 2 N–H and O–H groups in total. The first-order valence-corrected chi connectivity index (χ1v) is 10.8. The minimum Gasteiger partial charge on any atom is -0.462 e. The number of amides is 4. The van der Waals surface area contributed by atoms with E-state index >= 15 is 0 Å². The molecule has 0 radical (unpaired) electrons. The second-order valence-electron chi connectivity index (χ2n) is 9.09. The number of imide groups is 1. The molecule has 0 spiro atoms. The summed E-state index contributed by atoms with van der Waals surface area (Å²) in [5, 5.41) is 5.30. The number of esters is 1. The lowest BCUT2D eigenvalue weighted by Crippen LogP contribution is -2.42. The van der Waals surface area contributed by atoms with Crippen LogP contribution < -0.4 is 10.6 Å². The highest BCUT2D eigenvalue weighted by atomic mass is 16.5. The van der Waals surface area contributed by atoms with E-state index in [0.717, 1.165) is 10.5 Å². The maximum Gasteiger partial charge on any atom is 0.340 e. The van der Waals surface area contributed by atoms with E-state index in [0.29, 0.717) is 5.56 Å². The number of ether oxygens (including phenoxy) is 1. The SMILES string of the molecule is CCOC(=O)c1ccccc1NC(=O)CN1C(=O)NC(C)(c2ccc(C(C)(C)C)cc2)C1=O. The van der Waals surface area contributed by atoms with E-state index in [9.17, 15) is 19.2 Å². The van der Waals surface area contributed by atoms with E-state index < -0.39 is 35.9 Å². The first-order valence-electron chi connectivity index (χ1n) is 10.8. The maximum atomic E-state index is 13.2. The molecule has 0 bridgehead atoms. The second kappa shape index (κ2) is 9.05. The Kier molecular flexibility index (Phi) is 6.58. The van der Waals surface area contributed by atoms with Gasteiger partial charge in [0.2, 0.25) is 5.91 Å². The Bertz CT molecular complexity index is 1090. The monoisotopic (exact) mass is 451 g/mol. The third-order valence-corrected chi connectivity index (χ3v) is 5.60. The highest BCUT2D eigenvalue weighted by Gasteiger charge is 2.49. The molecule has 1 unspecified atom stereocenters. The lowest BCUT2D eigenvalue weighted by molar-refractivity contribution is -0.133. The van der Waals surface area contributed by atoms with Crippen molar-refractivity contribution in [3.8, 4) is 0 Å². The fraction of sp³-hybridized carbons (Fsp3) is 0.360. The van der Waals surface area contributed by atoms with Crippen LogP contribution in [0.2, 0.25) is 0 Å². The number of carbonyl (C=O) groups is 4. The van der Waals surface area contributed by atoms with Crippen molar-refractivity contribution >= 4 is 29.5 Å². The number of urea groups is 1. The third-order valence-electron chi connectivity index (χ3n) is 5.60. The van der Waals surface area contributed by atoms with Gasteiger partial charge in [0.05, 0.1) is 17.9 Å². The highest BCUT2D eigenvalue weighted by molar-refractivity contribution is 6.10. The number of nitrogens with zero attached hydrogens (tertiary/aromatic N) is 1. The summed E-state index contributed by atoms with van der Waals surface area (Å²) < 4.78 is 5.00. The fourth-order valence-electron chi connectivity index (χ4n) is 3.65. The number of hydrogen-bond acceptors (Lipinski definition) is 5. The Labute approximate surface area is 193 Å². The summed E-state index contributed by atoms with van der Waals surface area (Å²) >= 11 is 0. The zero-order valence-corrected chi connectivity index (χ0v) is 19.5. The van der Waals surface area contributed by atoms with E-state index in [1.165, 1.54) is 6.07 Å². The topological polar surface area (TPSA) is 105 Å². The Morgan fingerprint density at radius 1 is 1.06 bits per heavy atom. The molecule has 1 aliphatic heterocycles. The lowest BCUT2D eigenvalue weighted by atomic mass is 9.84. The zero-order chi connectivity index (χ0) is 24.4. The van der Waals surface area contributed by atoms with Gasteiger partial charge in [-0.2, -0.15) is 0 Å². The molecule has 1 heterocycles. The van der Waals surface area contributed by atoms with Crippen LogP contribution in [0.4, 0.5) is 10.5 Å². The lowest BCUT2D eigenvalue weighted by Gasteiger charge is -2.24. The summed E-state index contributed by atoms with van der Waals surface area (Å²) in [7, 11) is 0. The standard InChI is InChI=1S/C25H29N3O5/c1-6-33-21(30)18-9-7-8-10-19(18)26-20(29)15-28-22(31)25(5,27-23(28)32)17-13-11-16(12-14-17)24(2,3)4/h7-14H,6,15H2,1-5H3,(H,26,29)(H,27,32). The van der Waals surface area contributed by atoms with Crippen molar-refractivity contribution in [2.45, 2.75) is 45.6 Å². The predicted octanol–water partition coefficient (Wildman–Crippen LogP) is 3.57. The van der Waals surface area contributed by atoms with Gasteiger partial charge in [-0.3, -0.25) is 14.5 Å². The van der Waals surface area contributed by atoms with E-state index in [1.54, 1.807) is 32.0 Å². The number of rotatable bonds is 6. The van der Waals surface area contributed by atoms with Crippen molar-refractivity contribution in [1.82, 2.24) is 10.2 Å². The van der Waals surface area contributed by atoms with Gasteiger partial charge in [0.15, 0.2) is 0 Å². The summed E-state index contributed by atoms with van der Waals surface area (Å²) in [4.78, 5) is 51.4. The minimum atomic E-state index is -1.28. The first kappa shape index (κ1) is 24.0. The van der Waals surface area contributed by atoms with E-state index in [-0.39, 0.29) is 23.3 Å². The normalized spacial score (nSPS) is 18.2. The molecule has 2 aromatic rings. The van der Waals surface area contributed by atoms with Gasteiger partial charge in [-0.05, 0) is 42.5 Å². The van der Waals surface area contributed by atoms with E-state index in [4.69, 9.17) is 4.74 Å². The van der Waals surface area contributed by atoms with Gasteiger partial charge < -0.3 is 15.4 Å². The Hall–Kier alpha value is -3.68. The van der Waals surface area contributed by atoms with Gasteiger partial charge >= 0.3 is 12.0 Å². The van der Waals surface area contributed by atoms with Crippen LogP contribution in [0.1, 0.15) is 56.1 Å². The van der Waals surface area contributed by atoms with Crippen LogP contribution in [0.25, 0.3) is 0 Å². The van der Waals surface area contributed by atoms with Crippen molar-refractivity contribution in [2.75, 3.05) is 18.5 Å². The molecule has 174 valence electrons. The van der Waals surface area contributed by atoms with Crippen LogP contribution in [0.15, 0.2) is 48.5 Å². The molecule has 0 aliphatic carbocycles. The number of anilines is 1. The summed E-state index contributed by atoms with van der Waals surface area (Å²) in [5.74, 6) is -1.71. The Morgan fingerprint density at radius 2 is 1.70 bits per heavy atom. The average Bonchev–Trinajstić information content (AvgIpc) is 2.97. The quantitative estimate of drug-likeness (QED) is 0.516. The molecule has 1 saturated heterocycles. The molecule has 0 aromatic heterocycles. The van der Waals surface area contributed by atoms with Crippen molar-refractivity contribution in [1.29, 1.82) is 0 Å². The molecule has 3 rings (SSSR count). The number of hydrogen-bond donors (Lipinski definition) is 2. The maximum absolute atomic E-state index is 13.2. The van der Waals surface area contributed by atoms with E-state index in [2.05, 4.69) is 31.4 Å². The van der Waals surface area contributed by atoms with E-state index in [1.807, 2.05) is 24.3 Å². The molecule has 4 amide bonds. The van der Waals surface area contributed by atoms with Crippen LogP contribution in [0, 0.1) is 0 Å². The van der Waals surface area contributed by atoms with Gasteiger partial charge in [-0.15, -0.1) is 0 Å². The van der Waals surface area contributed by atoms with Crippen molar-refractivity contribution in [3.63, 3.8) is 0 Å². The molecule has 1 aliphatic rings. The fourth-order valence-corrected chi connectivity index (χ4v) is 3.65. The number of carbonyl (C=O) groups excluding carboxylic acids is 4. The Balaban J connectivity index is 1.75. The molecule has 1 atom stereocenters. The van der Waals surface area contributed by atoms with Crippen LogP contribution >= 0.6 is 0 Å². The van der Waals surface area contributed by atoms with Crippen LogP contribution in [-0.4, -0.2) is 41.9 Å². The second-order valence-corrected chi connectivity index (χ2v) is 9.09. The van der Waals surface area contributed by atoms with Crippen molar-refractivity contribution < 1.29 is 23.9 Å². The summed E-state index contributed by atoms with van der Waals surface area (Å²) in [5.41, 5.74) is 0.831. The van der Waals surface area contributed by atoms with Gasteiger partial charge in [0, 0.05) is 0 Å². The average molecular weight is 452 g/mol.